The quantitative estimate of drug-likeness (QED) is 0.715. The molecule has 0 heterocycles. The van der Waals surface area contributed by atoms with Crippen molar-refractivity contribution in [3.63, 3.8) is 0 Å². The zero-order chi connectivity index (χ0) is 18.0. The van der Waals surface area contributed by atoms with Gasteiger partial charge in [0.1, 0.15) is 5.75 Å². The molecule has 0 saturated heterocycles. The number of halogens is 3. The molecule has 0 aromatic heterocycles. The van der Waals surface area contributed by atoms with E-state index in [-0.39, 0.29) is 5.56 Å². The maximum Gasteiger partial charge on any atom is 0.416 e. The number of rotatable bonds is 3. The second kappa shape index (κ2) is 6.47. The van der Waals surface area contributed by atoms with Crippen LogP contribution in [0, 0.1) is 0 Å². The number of carbonyl (C=O) groups is 1. The highest BCUT2D eigenvalue weighted by Gasteiger charge is 2.30. The Labute approximate surface area is 142 Å². The van der Waals surface area contributed by atoms with Gasteiger partial charge in [-0.05, 0) is 30.3 Å². The lowest BCUT2D eigenvalue weighted by Crippen LogP contribution is -2.14. The molecule has 0 unspecified atom stereocenters. The Morgan fingerprint density at radius 1 is 0.960 bits per heavy atom. The van der Waals surface area contributed by atoms with Crippen LogP contribution in [0.5, 0.6) is 5.75 Å². The number of ether oxygens (including phenoxy) is 1. The first kappa shape index (κ1) is 16.8. The number of anilines is 1. The van der Waals surface area contributed by atoms with E-state index in [4.69, 9.17) is 4.74 Å². The van der Waals surface area contributed by atoms with E-state index in [1.807, 2.05) is 18.2 Å². The summed E-state index contributed by atoms with van der Waals surface area (Å²) in [4.78, 5) is 12.4. The van der Waals surface area contributed by atoms with Gasteiger partial charge in [-0.3, -0.25) is 4.79 Å². The minimum atomic E-state index is -4.50. The standard InChI is InChI=1S/C19H14F3NO2/c1-25-17-10-9-16(14-7-2-3-8-15(14)17)23-18(24)12-5-4-6-13(11-12)19(20,21)22/h2-11H,1H3,(H,23,24). The van der Waals surface area contributed by atoms with Crippen LogP contribution in [0.25, 0.3) is 10.8 Å². The van der Waals surface area contributed by atoms with Gasteiger partial charge in [-0.15, -0.1) is 0 Å². The maximum absolute atomic E-state index is 12.8. The van der Waals surface area contributed by atoms with Crippen molar-refractivity contribution in [2.24, 2.45) is 0 Å². The summed E-state index contributed by atoms with van der Waals surface area (Å²) < 4.78 is 43.7. The lowest BCUT2D eigenvalue weighted by Gasteiger charge is -2.12. The summed E-state index contributed by atoms with van der Waals surface area (Å²) in [6, 6.07) is 15.0. The van der Waals surface area contributed by atoms with Gasteiger partial charge in [0, 0.05) is 22.0 Å². The van der Waals surface area contributed by atoms with E-state index in [1.54, 1.807) is 25.3 Å². The summed E-state index contributed by atoms with van der Waals surface area (Å²) in [6.07, 6.45) is -4.50. The summed E-state index contributed by atoms with van der Waals surface area (Å²) in [5.41, 5.74) is -0.423. The molecule has 1 N–H and O–H groups in total. The van der Waals surface area contributed by atoms with Gasteiger partial charge < -0.3 is 10.1 Å². The minimum Gasteiger partial charge on any atom is -0.496 e. The number of methoxy groups -OCH3 is 1. The molecule has 128 valence electrons. The van der Waals surface area contributed by atoms with Gasteiger partial charge in [0.15, 0.2) is 0 Å². The molecule has 0 spiro atoms. The van der Waals surface area contributed by atoms with Gasteiger partial charge in [0.25, 0.3) is 5.91 Å². The van der Waals surface area contributed by atoms with Crippen LogP contribution in [0.15, 0.2) is 60.7 Å². The SMILES string of the molecule is COc1ccc(NC(=O)c2cccc(C(F)(F)F)c2)c2ccccc12. The third-order valence-electron chi connectivity index (χ3n) is 3.80. The Balaban J connectivity index is 1.96. The second-order valence-corrected chi connectivity index (χ2v) is 5.39. The largest absolute Gasteiger partial charge is 0.496 e. The fourth-order valence-corrected chi connectivity index (χ4v) is 2.59. The Kier molecular flexibility index (Phi) is 4.35. The van der Waals surface area contributed by atoms with Gasteiger partial charge in [-0.25, -0.2) is 0 Å². The summed E-state index contributed by atoms with van der Waals surface area (Å²) in [5.74, 6) is 0.0362. The highest BCUT2D eigenvalue weighted by Crippen LogP contribution is 2.32. The Bertz CT molecular complexity index is 935. The zero-order valence-corrected chi connectivity index (χ0v) is 13.2. The van der Waals surface area contributed by atoms with Crippen LogP contribution in [-0.4, -0.2) is 13.0 Å². The molecule has 0 bridgehead atoms. The first-order chi connectivity index (χ1) is 11.9. The fourth-order valence-electron chi connectivity index (χ4n) is 2.59. The van der Waals surface area contributed by atoms with Gasteiger partial charge in [-0.2, -0.15) is 13.2 Å². The third-order valence-corrected chi connectivity index (χ3v) is 3.80. The smallest absolute Gasteiger partial charge is 0.416 e. The molecule has 0 saturated carbocycles. The Morgan fingerprint density at radius 3 is 2.36 bits per heavy atom. The van der Waals surface area contributed by atoms with Gasteiger partial charge in [-0.1, -0.05) is 30.3 Å². The van der Waals surface area contributed by atoms with E-state index in [0.29, 0.717) is 11.4 Å². The molecular formula is C19H14F3NO2. The number of carbonyl (C=O) groups excluding carboxylic acids is 1. The molecule has 0 radical (unpaired) electrons. The molecule has 0 atom stereocenters. The van der Waals surface area contributed by atoms with Crippen molar-refractivity contribution in [2.45, 2.75) is 6.18 Å². The normalized spacial score (nSPS) is 11.4. The van der Waals surface area contributed by atoms with Crippen LogP contribution >= 0.6 is 0 Å². The molecule has 3 nitrogen and oxygen atoms in total. The maximum atomic E-state index is 12.8. The van der Waals surface area contributed by atoms with Crippen molar-refractivity contribution in [3.8, 4) is 5.75 Å². The molecule has 6 heteroatoms. The van der Waals surface area contributed by atoms with E-state index in [9.17, 15) is 18.0 Å². The summed E-state index contributed by atoms with van der Waals surface area (Å²) >= 11 is 0. The first-order valence-corrected chi connectivity index (χ1v) is 7.44. The molecule has 0 fully saturated rings. The van der Waals surface area contributed by atoms with Crippen molar-refractivity contribution in [1.82, 2.24) is 0 Å². The molecular weight excluding hydrogens is 331 g/mol. The van der Waals surface area contributed by atoms with Crippen molar-refractivity contribution in [1.29, 1.82) is 0 Å². The highest BCUT2D eigenvalue weighted by atomic mass is 19.4. The number of hydrogen-bond donors (Lipinski definition) is 1. The average Bonchev–Trinajstić information content (AvgIpc) is 2.61. The highest BCUT2D eigenvalue weighted by molar-refractivity contribution is 6.10. The van der Waals surface area contributed by atoms with Crippen LogP contribution < -0.4 is 10.1 Å². The van der Waals surface area contributed by atoms with Crippen LogP contribution in [-0.2, 0) is 6.18 Å². The Hall–Kier alpha value is -3.02. The third kappa shape index (κ3) is 3.42. The zero-order valence-electron chi connectivity index (χ0n) is 13.2. The second-order valence-electron chi connectivity index (χ2n) is 5.39. The molecule has 0 aliphatic rings. The van der Waals surface area contributed by atoms with Crippen LogP contribution in [0.4, 0.5) is 18.9 Å². The molecule has 3 aromatic rings. The van der Waals surface area contributed by atoms with Gasteiger partial charge in [0.05, 0.1) is 12.7 Å². The van der Waals surface area contributed by atoms with Crippen molar-refractivity contribution in [3.05, 3.63) is 71.8 Å². The van der Waals surface area contributed by atoms with Gasteiger partial charge >= 0.3 is 6.18 Å². The lowest BCUT2D eigenvalue weighted by atomic mass is 10.1. The van der Waals surface area contributed by atoms with Crippen LogP contribution in [0.1, 0.15) is 15.9 Å². The number of alkyl halides is 3. The number of fused-ring (bicyclic) bond motifs is 1. The van der Waals surface area contributed by atoms with Crippen molar-refractivity contribution in [2.75, 3.05) is 12.4 Å². The first-order valence-electron chi connectivity index (χ1n) is 7.44. The lowest BCUT2D eigenvalue weighted by molar-refractivity contribution is -0.137. The number of nitrogens with one attached hydrogen (secondary N) is 1. The predicted octanol–water partition coefficient (Wildman–Crippen LogP) is 5.12. The van der Waals surface area contributed by atoms with Crippen LogP contribution in [0.2, 0.25) is 0 Å². The number of benzene rings is 3. The fraction of sp³-hybridized carbons (Fsp3) is 0.105. The molecule has 0 aliphatic heterocycles. The molecule has 0 aliphatic carbocycles. The summed E-state index contributed by atoms with van der Waals surface area (Å²) in [5, 5.41) is 4.21. The Morgan fingerprint density at radius 2 is 1.68 bits per heavy atom. The monoisotopic (exact) mass is 345 g/mol. The van der Waals surface area contributed by atoms with Gasteiger partial charge in [0.2, 0.25) is 0 Å². The average molecular weight is 345 g/mol. The van der Waals surface area contributed by atoms with E-state index >= 15 is 0 Å². The topological polar surface area (TPSA) is 38.3 Å². The van der Waals surface area contributed by atoms with E-state index < -0.39 is 17.6 Å². The van der Waals surface area contributed by atoms with E-state index in [1.165, 1.54) is 12.1 Å². The van der Waals surface area contributed by atoms with Crippen molar-refractivity contribution < 1.29 is 22.7 Å². The number of amides is 1. The molecule has 25 heavy (non-hydrogen) atoms. The number of hydrogen-bond acceptors (Lipinski definition) is 2. The minimum absolute atomic E-state index is 0.0604. The van der Waals surface area contributed by atoms with E-state index in [0.717, 1.165) is 22.9 Å². The molecule has 1 amide bonds. The summed E-state index contributed by atoms with van der Waals surface area (Å²) in [6.45, 7) is 0. The predicted molar refractivity (Wildman–Crippen MR) is 89.9 cm³/mol. The molecule has 3 rings (SSSR count). The van der Waals surface area contributed by atoms with E-state index in [2.05, 4.69) is 5.32 Å². The summed E-state index contributed by atoms with van der Waals surface area (Å²) in [7, 11) is 1.54. The van der Waals surface area contributed by atoms with Crippen LogP contribution in [0.3, 0.4) is 0 Å². The van der Waals surface area contributed by atoms with Crippen molar-refractivity contribution >= 4 is 22.4 Å². The molecule has 3 aromatic carbocycles.